The number of anilines is 1. The number of halogens is 2. The largest absolute Gasteiger partial charge is 0.454 e. The molecule has 0 bridgehead atoms. The number of fused-ring (bicyclic) bond motifs is 1. The molecule has 0 fully saturated rings. The maximum absolute atomic E-state index is 13.7. The van der Waals surface area contributed by atoms with Crippen LogP contribution >= 0.6 is 11.6 Å². The van der Waals surface area contributed by atoms with Crippen LogP contribution in [0, 0.1) is 19.8 Å². The Labute approximate surface area is 193 Å². The predicted molar refractivity (Wildman–Crippen MR) is 125 cm³/mol. The SMILES string of the molecule is Cc1cc([C@@H](C)Nc2ccc(Cl)nc2C(N)=O)c2oc(-c3cccc(F)n3)c(C)c(=O)c2c1. The molecule has 0 saturated heterocycles. The first-order valence-corrected chi connectivity index (χ1v) is 10.5. The van der Waals surface area contributed by atoms with Crippen molar-refractivity contribution in [2.24, 2.45) is 5.73 Å². The van der Waals surface area contributed by atoms with E-state index in [2.05, 4.69) is 15.3 Å². The van der Waals surface area contributed by atoms with Crippen LogP contribution in [-0.2, 0) is 0 Å². The van der Waals surface area contributed by atoms with Gasteiger partial charge in [0.05, 0.1) is 17.1 Å². The molecule has 3 N–H and O–H groups in total. The van der Waals surface area contributed by atoms with Gasteiger partial charge in [0.15, 0.2) is 16.9 Å². The standard InChI is InChI=1S/C24H20ClFN4O3/c1-11-9-14(13(3)28-16-7-8-18(25)30-20(16)24(27)32)23-15(10-11)21(31)12(2)22(33-23)17-5-4-6-19(26)29-17/h4-10,13,28H,1-3H3,(H2,27,32)/t13-/m1/s1. The van der Waals surface area contributed by atoms with E-state index in [0.717, 1.165) is 5.56 Å². The van der Waals surface area contributed by atoms with Gasteiger partial charge in [-0.15, -0.1) is 0 Å². The number of hydrogen-bond donors (Lipinski definition) is 2. The molecule has 33 heavy (non-hydrogen) atoms. The van der Waals surface area contributed by atoms with Crippen molar-refractivity contribution in [3.05, 3.63) is 86.2 Å². The summed E-state index contributed by atoms with van der Waals surface area (Å²) in [6, 6.07) is 10.6. The summed E-state index contributed by atoms with van der Waals surface area (Å²) >= 11 is 5.90. The summed E-state index contributed by atoms with van der Waals surface area (Å²) in [6.45, 7) is 5.33. The van der Waals surface area contributed by atoms with Crippen LogP contribution in [0.15, 0.2) is 51.7 Å². The van der Waals surface area contributed by atoms with Crippen molar-refractivity contribution in [3.8, 4) is 11.5 Å². The molecule has 1 atom stereocenters. The lowest BCUT2D eigenvalue weighted by molar-refractivity contribution is 0.0996. The number of amides is 1. The number of nitrogens with two attached hydrogens (primary N) is 1. The first-order chi connectivity index (χ1) is 15.7. The van der Waals surface area contributed by atoms with Gasteiger partial charge in [-0.25, -0.2) is 9.97 Å². The third-order valence-electron chi connectivity index (χ3n) is 5.27. The molecule has 0 unspecified atom stereocenters. The van der Waals surface area contributed by atoms with Crippen LogP contribution in [0.2, 0.25) is 5.15 Å². The number of carbonyl (C=O) groups is 1. The average Bonchev–Trinajstić information content (AvgIpc) is 2.77. The Hall–Kier alpha value is -3.78. The first kappa shape index (κ1) is 22.4. The van der Waals surface area contributed by atoms with Gasteiger partial charge >= 0.3 is 0 Å². The van der Waals surface area contributed by atoms with E-state index in [1.54, 1.807) is 25.1 Å². The van der Waals surface area contributed by atoms with Gasteiger partial charge < -0.3 is 15.5 Å². The molecule has 0 spiro atoms. The zero-order chi connectivity index (χ0) is 23.9. The lowest BCUT2D eigenvalue weighted by atomic mass is 9.99. The smallest absolute Gasteiger partial charge is 0.269 e. The minimum atomic E-state index is -0.733. The summed E-state index contributed by atoms with van der Waals surface area (Å²) in [5.74, 6) is -1.22. The summed E-state index contributed by atoms with van der Waals surface area (Å²) in [5, 5.41) is 3.72. The molecule has 168 valence electrons. The van der Waals surface area contributed by atoms with E-state index in [-0.39, 0.29) is 27.7 Å². The molecule has 3 aromatic heterocycles. The quantitative estimate of drug-likeness (QED) is 0.403. The van der Waals surface area contributed by atoms with E-state index in [0.29, 0.717) is 27.8 Å². The van der Waals surface area contributed by atoms with E-state index < -0.39 is 17.9 Å². The minimum Gasteiger partial charge on any atom is -0.454 e. The van der Waals surface area contributed by atoms with Crippen molar-refractivity contribution >= 4 is 34.2 Å². The van der Waals surface area contributed by atoms with Crippen molar-refractivity contribution in [2.45, 2.75) is 26.8 Å². The fourth-order valence-electron chi connectivity index (χ4n) is 3.72. The molecule has 4 aromatic rings. The Kier molecular flexibility index (Phi) is 5.86. The number of nitrogens with one attached hydrogen (secondary N) is 1. The van der Waals surface area contributed by atoms with Crippen LogP contribution in [0.5, 0.6) is 0 Å². The monoisotopic (exact) mass is 466 g/mol. The van der Waals surface area contributed by atoms with Crippen molar-refractivity contribution < 1.29 is 13.6 Å². The van der Waals surface area contributed by atoms with Crippen LogP contribution in [-0.4, -0.2) is 15.9 Å². The molecule has 4 rings (SSSR count). The van der Waals surface area contributed by atoms with Crippen molar-refractivity contribution in [1.29, 1.82) is 0 Å². The van der Waals surface area contributed by atoms with E-state index >= 15 is 0 Å². The first-order valence-electron chi connectivity index (χ1n) is 10.1. The zero-order valence-corrected chi connectivity index (χ0v) is 18.8. The highest BCUT2D eigenvalue weighted by atomic mass is 35.5. The Morgan fingerprint density at radius 1 is 1.18 bits per heavy atom. The molecule has 0 saturated carbocycles. The summed E-state index contributed by atoms with van der Waals surface area (Å²) < 4.78 is 19.9. The van der Waals surface area contributed by atoms with E-state index in [1.807, 2.05) is 19.9 Å². The molecule has 9 heteroatoms. The third-order valence-corrected chi connectivity index (χ3v) is 5.48. The Morgan fingerprint density at radius 3 is 2.64 bits per heavy atom. The second kappa shape index (κ2) is 8.63. The summed E-state index contributed by atoms with van der Waals surface area (Å²) in [4.78, 5) is 32.9. The number of pyridine rings is 2. The number of rotatable bonds is 5. The number of carbonyl (C=O) groups excluding carboxylic acids is 1. The molecule has 0 radical (unpaired) electrons. The summed E-state index contributed by atoms with van der Waals surface area (Å²) in [7, 11) is 0. The van der Waals surface area contributed by atoms with Crippen molar-refractivity contribution in [3.63, 3.8) is 0 Å². The van der Waals surface area contributed by atoms with Gasteiger partial charge in [0.1, 0.15) is 16.4 Å². The number of aryl methyl sites for hydroxylation is 1. The molecule has 0 aliphatic rings. The highest BCUT2D eigenvalue weighted by molar-refractivity contribution is 6.29. The van der Waals surface area contributed by atoms with E-state index in [9.17, 15) is 14.0 Å². The normalized spacial score (nSPS) is 12.0. The molecular formula is C24H20ClFN4O3. The highest BCUT2D eigenvalue weighted by Crippen LogP contribution is 2.32. The number of aromatic nitrogens is 2. The van der Waals surface area contributed by atoms with Crippen LogP contribution < -0.4 is 16.5 Å². The topological polar surface area (TPSA) is 111 Å². The van der Waals surface area contributed by atoms with Gasteiger partial charge in [-0.3, -0.25) is 9.59 Å². The Morgan fingerprint density at radius 2 is 1.94 bits per heavy atom. The Bertz CT molecular complexity index is 1470. The number of primary amides is 1. The molecular weight excluding hydrogens is 447 g/mol. The lowest BCUT2D eigenvalue weighted by Gasteiger charge is -2.19. The third kappa shape index (κ3) is 4.29. The van der Waals surface area contributed by atoms with E-state index in [4.69, 9.17) is 21.8 Å². The van der Waals surface area contributed by atoms with Gasteiger partial charge in [-0.1, -0.05) is 23.7 Å². The molecule has 0 aliphatic heterocycles. The molecule has 1 amide bonds. The van der Waals surface area contributed by atoms with Gasteiger partial charge in [0.25, 0.3) is 5.91 Å². The maximum Gasteiger partial charge on any atom is 0.269 e. The second-order valence-corrected chi connectivity index (χ2v) is 8.11. The molecule has 1 aromatic carbocycles. The van der Waals surface area contributed by atoms with Crippen LogP contribution in [0.1, 0.15) is 40.1 Å². The maximum atomic E-state index is 13.7. The average molecular weight is 467 g/mol. The lowest BCUT2D eigenvalue weighted by Crippen LogP contribution is -2.18. The zero-order valence-electron chi connectivity index (χ0n) is 18.1. The molecule has 7 nitrogen and oxygen atoms in total. The van der Waals surface area contributed by atoms with Crippen molar-refractivity contribution in [2.75, 3.05) is 5.32 Å². The van der Waals surface area contributed by atoms with Gasteiger partial charge in [0.2, 0.25) is 5.95 Å². The fraction of sp³-hybridized carbons (Fsp3) is 0.167. The number of nitrogens with zero attached hydrogens (tertiary/aromatic N) is 2. The molecule has 0 aliphatic carbocycles. The van der Waals surface area contributed by atoms with Crippen LogP contribution in [0.3, 0.4) is 0 Å². The van der Waals surface area contributed by atoms with Gasteiger partial charge in [-0.2, -0.15) is 4.39 Å². The number of benzene rings is 1. The van der Waals surface area contributed by atoms with E-state index in [1.165, 1.54) is 18.2 Å². The second-order valence-electron chi connectivity index (χ2n) is 7.72. The van der Waals surface area contributed by atoms with Gasteiger partial charge in [-0.05, 0) is 56.7 Å². The fourth-order valence-corrected chi connectivity index (χ4v) is 3.87. The van der Waals surface area contributed by atoms with Crippen molar-refractivity contribution in [1.82, 2.24) is 9.97 Å². The number of hydrogen-bond acceptors (Lipinski definition) is 6. The summed E-state index contributed by atoms with van der Waals surface area (Å²) in [5.41, 5.74) is 7.98. The Balaban J connectivity index is 1.89. The van der Waals surface area contributed by atoms with Crippen LogP contribution in [0.25, 0.3) is 22.4 Å². The molecule has 3 heterocycles. The van der Waals surface area contributed by atoms with Crippen LogP contribution in [0.4, 0.5) is 10.1 Å². The predicted octanol–water partition coefficient (Wildman–Crippen LogP) is 4.93. The van der Waals surface area contributed by atoms with Gasteiger partial charge in [0, 0.05) is 11.1 Å². The highest BCUT2D eigenvalue weighted by Gasteiger charge is 2.21. The minimum absolute atomic E-state index is 0.00624. The summed E-state index contributed by atoms with van der Waals surface area (Å²) in [6.07, 6.45) is 0.